The maximum absolute atomic E-state index is 12.9. The van der Waals surface area contributed by atoms with E-state index in [1.165, 1.54) is 26.5 Å². The number of amides is 2. The summed E-state index contributed by atoms with van der Waals surface area (Å²) >= 11 is 6.02. The van der Waals surface area contributed by atoms with Crippen LogP contribution in [0.1, 0.15) is 15.9 Å². The van der Waals surface area contributed by atoms with Gasteiger partial charge in [-0.05, 0) is 47.2 Å². The second-order valence-corrected chi connectivity index (χ2v) is 8.20. The highest BCUT2D eigenvalue weighted by molar-refractivity contribution is 6.41. The Labute approximate surface area is 223 Å². The lowest BCUT2D eigenvalue weighted by Crippen LogP contribution is -2.32. The van der Waals surface area contributed by atoms with Crippen LogP contribution in [-0.4, -0.2) is 38.2 Å². The molecule has 0 unspecified atom stereocenters. The third-order valence-corrected chi connectivity index (χ3v) is 5.77. The summed E-state index contributed by atoms with van der Waals surface area (Å²) in [7, 11) is 2.96. The molecule has 4 aromatic carbocycles. The summed E-state index contributed by atoms with van der Waals surface area (Å²) in [5, 5.41) is 8.18. The average Bonchev–Trinajstić information content (AvgIpc) is 2.94. The first-order valence-corrected chi connectivity index (χ1v) is 11.6. The second kappa shape index (κ2) is 11.9. The van der Waals surface area contributed by atoms with E-state index in [1.807, 2.05) is 24.3 Å². The van der Waals surface area contributed by atoms with Crippen LogP contribution in [0, 0.1) is 0 Å². The maximum atomic E-state index is 12.9. The van der Waals surface area contributed by atoms with Crippen LogP contribution >= 0.6 is 11.6 Å². The molecule has 4 aromatic rings. The van der Waals surface area contributed by atoms with Gasteiger partial charge in [0.1, 0.15) is 5.75 Å². The Bertz CT molecular complexity index is 1550. The molecule has 0 aromatic heterocycles. The second-order valence-electron chi connectivity index (χ2n) is 7.79. The molecule has 10 heteroatoms. The molecule has 2 amide bonds. The minimum absolute atomic E-state index is 0.196. The van der Waals surface area contributed by atoms with Gasteiger partial charge in [-0.2, -0.15) is 5.10 Å². The summed E-state index contributed by atoms with van der Waals surface area (Å²) in [6.07, 6.45) is 1.31. The Hall–Kier alpha value is -4.89. The largest absolute Gasteiger partial charge is 0.493 e. The highest BCUT2D eigenvalue weighted by atomic mass is 35.5. The smallest absolute Gasteiger partial charge is 0.343 e. The Morgan fingerprint density at radius 1 is 0.816 bits per heavy atom. The first-order chi connectivity index (χ1) is 18.4. The standard InChI is InChI=1S/C28H22ClN3O6/c1-36-24-14-12-18(15-25(24)37-2)28(35)38-23-13-11-17-7-3-4-8-19(17)20(23)16-30-32-27(34)26(33)31-22-10-6-5-9-21(22)29/h3-16H,1-2H3,(H,31,33)(H,32,34)/b30-16-. The molecule has 4 rings (SSSR count). The minimum Gasteiger partial charge on any atom is -0.493 e. The number of nitrogens with one attached hydrogen (secondary N) is 2. The SMILES string of the molecule is COc1ccc(C(=O)Oc2ccc3ccccc3c2/C=N\NC(=O)C(=O)Nc2ccccc2Cl)cc1OC. The molecular formula is C28H22ClN3O6. The van der Waals surface area contributed by atoms with Gasteiger partial charge in [-0.1, -0.05) is 54.1 Å². The van der Waals surface area contributed by atoms with Crippen molar-refractivity contribution in [2.75, 3.05) is 19.5 Å². The van der Waals surface area contributed by atoms with Crippen LogP contribution in [0.4, 0.5) is 5.69 Å². The van der Waals surface area contributed by atoms with Gasteiger partial charge in [0.2, 0.25) is 0 Å². The van der Waals surface area contributed by atoms with E-state index < -0.39 is 17.8 Å². The number of methoxy groups -OCH3 is 2. The number of benzene rings is 4. The van der Waals surface area contributed by atoms with Gasteiger partial charge in [0.05, 0.1) is 36.7 Å². The van der Waals surface area contributed by atoms with Gasteiger partial charge >= 0.3 is 17.8 Å². The number of carbonyl (C=O) groups excluding carboxylic acids is 3. The molecule has 38 heavy (non-hydrogen) atoms. The zero-order valence-corrected chi connectivity index (χ0v) is 21.1. The van der Waals surface area contributed by atoms with Crippen molar-refractivity contribution >= 4 is 52.1 Å². The quantitative estimate of drug-likeness (QED) is 0.116. The third kappa shape index (κ3) is 5.91. The van der Waals surface area contributed by atoms with Crippen LogP contribution in [0.3, 0.4) is 0 Å². The molecule has 192 valence electrons. The first kappa shape index (κ1) is 26.2. The number of carbonyl (C=O) groups is 3. The molecule has 0 aliphatic heterocycles. The van der Waals surface area contributed by atoms with Gasteiger partial charge < -0.3 is 19.5 Å². The van der Waals surface area contributed by atoms with Crippen LogP contribution in [0.5, 0.6) is 17.2 Å². The topological polar surface area (TPSA) is 115 Å². The molecule has 0 fully saturated rings. The van der Waals surface area contributed by atoms with E-state index in [0.717, 1.165) is 5.39 Å². The zero-order chi connectivity index (χ0) is 27.1. The molecular weight excluding hydrogens is 510 g/mol. The maximum Gasteiger partial charge on any atom is 0.343 e. The van der Waals surface area contributed by atoms with Crippen molar-refractivity contribution in [3.8, 4) is 17.2 Å². The van der Waals surface area contributed by atoms with Crippen molar-refractivity contribution in [3.05, 3.63) is 95.0 Å². The average molecular weight is 532 g/mol. The van der Waals surface area contributed by atoms with E-state index in [4.69, 9.17) is 25.8 Å². The minimum atomic E-state index is -1.01. The van der Waals surface area contributed by atoms with Crippen LogP contribution in [0.2, 0.25) is 5.02 Å². The Morgan fingerprint density at radius 3 is 2.29 bits per heavy atom. The van der Waals surface area contributed by atoms with Crippen molar-refractivity contribution in [1.82, 2.24) is 5.43 Å². The number of hydrogen-bond donors (Lipinski definition) is 2. The molecule has 2 N–H and O–H groups in total. The van der Waals surface area contributed by atoms with Gasteiger partial charge in [-0.25, -0.2) is 10.2 Å². The van der Waals surface area contributed by atoms with Crippen molar-refractivity contribution in [2.45, 2.75) is 0 Å². The number of para-hydroxylation sites is 1. The summed E-state index contributed by atoms with van der Waals surface area (Å²) in [5.41, 5.74) is 3.13. The fourth-order valence-electron chi connectivity index (χ4n) is 3.57. The summed E-state index contributed by atoms with van der Waals surface area (Å²) < 4.78 is 16.2. The highest BCUT2D eigenvalue weighted by Crippen LogP contribution is 2.30. The van der Waals surface area contributed by atoms with Gasteiger partial charge in [0.15, 0.2) is 11.5 Å². The number of ether oxygens (including phenoxy) is 3. The molecule has 0 saturated heterocycles. The van der Waals surface area contributed by atoms with Crippen molar-refractivity contribution in [1.29, 1.82) is 0 Å². The van der Waals surface area contributed by atoms with Gasteiger partial charge in [-0.15, -0.1) is 0 Å². The Kier molecular flexibility index (Phi) is 8.20. The number of nitrogens with zero attached hydrogens (tertiary/aromatic N) is 1. The van der Waals surface area contributed by atoms with Crippen LogP contribution < -0.4 is 25.0 Å². The molecule has 0 bridgehead atoms. The first-order valence-electron chi connectivity index (χ1n) is 11.3. The highest BCUT2D eigenvalue weighted by Gasteiger charge is 2.17. The molecule has 0 aliphatic carbocycles. The van der Waals surface area contributed by atoms with Gasteiger partial charge in [-0.3, -0.25) is 9.59 Å². The molecule has 9 nitrogen and oxygen atoms in total. The third-order valence-electron chi connectivity index (χ3n) is 5.44. The van der Waals surface area contributed by atoms with Crippen molar-refractivity contribution in [3.63, 3.8) is 0 Å². The number of hydrogen-bond acceptors (Lipinski definition) is 7. The van der Waals surface area contributed by atoms with Gasteiger partial charge in [0.25, 0.3) is 0 Å². The normalized spacial score (nSPS) is 10.7. The van der Waals surface area contributed by atoms with Crippen molar-refractivity contribution in [2.24, 2.45) is 5.10 Å². The fraction of sp³-hybridized carbons (Fsp3) is 0.0714. The summed E-state index contributed by atoms with van der Waals surface area (Å²) in [4.78, 5) is 37.5. The van der Waals surface area contributed by atoms with E-state index in [0.29, 0.717) is 22.4 Å². The van der Waals surface area contributed by atoms with Crippen LogP contribution in [0.25, 0.3) is 10.8 Å². The number of esters is 1. The molecule has 0 saturated carbocycles. The molecule has 0 heterocycles. The lowest BCUT2D eigenvalue weighted by Gasteiger charge is -2.12. The van der Waals surface area contributed by atoms with E-state index in [9.17, 15) is 14.4 Å². The summed E-state index contributed by atoms with van der Waals surface area (Å²) in [6, 6.07) is 21.9. The number of fused-ring (bicyclic) bond motifs is 1. The fourth-order valence-corrected chi connectivity index (χ4v) is 3.75. The number of hydrazone groups is 1. The number of halogens is 1. The van der Waals surface area contributed by atoms with E-state index in [-0.39, 0.29) is 22.0 Å². The molecule has 0 aliphatic rings. The molecule has 0 spiro atoms. The van der Waals surface area contributed by atoms with Crippen LogP contribution in [0.15, 0.2) is 84.0 Å². The van der Waals surface area contributed by atoms with E-state index in [1.54, 1.807) is 48.5 Å². The lowest BCUT2D eigenvalue weighted by atomic mass is 10.0. The number of anilines is 1. The molecule has 0 radical (unpaired) electrons. The van der Waals surface area contributed by atoms with Crippen LogP contribution in [-0.2, 0) is 9.59 Å². The predicted octanol–water partition coefficient (Wildman–Crippen LogP) is 4.82. The van der Waals surface area contributed by atoms with E-state index in [2.05, 4.69) is 15.8 Å². The Morgan fingerprint density at radius 2 is 1.53 bits per heavy atom. The van der Waals surface area contributed by atoms with Crippen molar-refractivity contribution < 1.29 is 28.6 Å². The van der Waals surface area contributed by atoms with E-state index >= 15 is 0 Å². The monoisotopic (exact) mass is 531 g/mol. The lowest BCUT2D eigenvalue weighted by molar-refractivity contribution is -0.136. The molecule has 0 atom stereocenters. The van der Waals surface area contributed by atoms with Gasteiger partial charge in [0, 0.05) is 5.56 Å². The predicted molar refractivity (Wildman–Crippen MR) is 144 cm³/mol. The Balaban J connectivity index is 1.56. The summed E-state index contributed by atoms with van der Waals surface area (Å²) in [6.45, 7) is 0. The summed E-state index contributed by atoms with van der Waals surface area (Å²) in [5.74, 6) is -1.56. The zero-order valence-electron chi connectivity index (χ0n) is 20.4. The number of rotatable bonds is 7.